The Morgan fingerprint density at radius 3 is 1.88 bits per heavy atom. The van der Waals surface area contributed by atoms with Gasteiger partial charge in [0.25, 0.3) is 0 Å². The molecule has 1 fully saturated rings. The van der Waals surface area contributed by atoms with Gasteiger partial charge in [-0.2, -0.15) is 0 Å². The summed E-state index contributed by atoms with van der Waals surface area (Å²) in [5.74, 6) is 0. The van der Waals surface area contributed by atoms with E-state index in [1.807, 2.05) is 13.8 Å². The zero-order valence-corrected chi connectivity index (χ0v) is 15.1. The van der Waals surface area contributed by atoms with Crippen LogP contribution >= 0.6 is 15.9 Å². The maximum Gasteiger partial charge on any atom is 0.158 e. The summed E-state index contributed by atoms with van der Waals surface area (Å²) in [5.41, 5.74) is 0. The monoisotopic (exact) mass is 346 g/mol. The Kier molecular flexibility index (Phi) is 19.3. The van der Waals surface area contributed by atoms with E-state index in [2.05, 4.69) is 15.9 Å². The van der Waals surface area contributed by atoms with Gasteiger partial charge in [0.05, 0.1) is 0 Å². The summed E-state index contributed by atoms with van der Waals surface area (Å²) in [5, 5.41) is 0.928. The van der Waals surface area contributed by atoms with Crippen molar-refractivity contribution in [1.82, 2.24) is 0 Å². The second kappa shape index (κ2) is 16.0. The largest absolute Gasteiger partial charge is 0.381 e. The van der Waals surface area contributed by atoms with Gasteiger partial charge < -0.3 is 14.2 Å². The maximum absolute atomic E-state index is 5.27. The minimum atomic E-state index is -0.0191. The van der Waals surface area contributed by atoms with Crippen LogP contribution in [0.4, 0.5) is 0 Å². The van der Waals surface area contributed by atoms with Gasteiger partial charge in [0.2, 0.25) is 0 Å². The van der Waals surface area contributed by atoms with E-state index in [1.165, 1.54) is 12.8 Å². The first kappa shape index (κ1) is 19.3. The Hall–Kier alpha value is 0.983. The Morgan fingerprint density at radius 2 is 1.62 bits per heavy atom. The van der Waals surface area contributed by atoms with Crippen LogP contribution in [0.3, 0.4) is 0 Å². The van der Waals surface area contributed by atoms with Crippen molar-refractivity contribution in [2.45, 2.75) is 39.4 Å². The summed E-state index contributed by atoms with van der Waals surface area (Å²) in [6.45, 7) is 7.38. The van der Waals surface area contributed by atoms with E-state index < -0.39 is 0 Å². The third-order valence-electron chi connectivity index (χ3n) is 1.88. The van der Waals surface area contributed by atoms with E-state index in [0.717, 1.165) is 38.2 Å². The van der Waals surface area contributed by atoms with Gasteiger partial charge in [-0.05, 0) is 26.7 Å². The first-order valence-corrected chi connectivity index (χ1v) is 6.84. The molecule has 0 amide bonds. The predicted molar refractivity (Wildman–Crippen MR) is 65.5 cm³/mol. The van der Waals surface area contributed by atoms with Crippen LogP contribution in [0.5, 0.6) is 0 Å². The third-order valence-corrected chi connectivity index (χ3v) is 2.34. The molecule has 1 heterocycles. The molecule has 5 heteroatoms. The Morgan fingerprint density at radius 1 is 1.12 bits per heavy atom. The van der Waals surface area contributed by atoms with E-state index in [-0.39, 0.29) is 25.8 Å². The number of ether oxygens (including phenoxy) is 3. The fraction of sp³-hybridized carbons (Fsp3) is 1.00. The van der Waals surface area contributed by atoms with Gasteiger partial charge in [-0.3, -0.25) is 0 Å². The van der Waals surface area contributed by atoms with Gasteiger partial charge in [-0.25, -0.2) is 0 Å². The van der Waals surface area contributed by atoms with Crippen LogP contribution < -0.4 is 0 Å². The molecule has 0 atom stereocenters. The molecule has 1 rings (SSSR count). The Balaban J connectivity index is 0. The first-order valence-electron chi connectivity index (χ1n) is 5.72. The summed E-state index contributed by atoms with van der Waals surface area (Å²) >= 11 is 3.33. The van der Waals surface area contributed by atoms with E-state index >= 15 is 0 Å². The van der Waals surface area contributed by atoms with Crippen LogP contribution in [0.2, 0.25) is 0 Å². The van der Waals surface area contributed by atoms with E-state index in [4.69, 9.17) is 14.2 Å². The molecule has 0 aliphatic carbocycles. The van der Waals surface area contributed by atoms with Gasteiger partial charge in [-0.1, -0.05) is 15.9 Å². The molecule has 0 N–H and O–H groups in total. The summed E-state index contributed by atoms with van der Waals surface area (Å²) in [6.07, 6.45) is 3.45. The minimum absolute atomic E-state index is 0. The number of halogens is 1. The van der Waals surface area contributed by atoms with Crippen molar-refractivity contribution in [3.8, 4) is 0 Å². The quantitative estimate of drug-likeness (QED) is 0.420. The molecular formula is C11H23BrO3Zn. The van der Waals surface area contributed by atoms with Crippen LogP contribution in [0.1, 0.15) is 33.1 Å². The normalized spacial score (nSPS) is 14.2. The van der Waals surface area contributed by atoms with Crippen LogP contribution in [0.25, 0.3) is 0 Å². The topological polar surface area (TPSA) is 27.7 Å². The summed E-state index contributed by atoms with van der Waals surface area (Å²) < 4.78 is 15.5. The van der Waals surface area contributed by atoms with Crippen molar-refractivity contribution in [3.05, 3.63) is 0 Å². The zero-order chi connectivity index (χ0) is 11.4. The molecule has 0 unspecified atom stereocenters. The molecule has 0 aromatic carbocycles. The van der Waals surface area contributed by atoms with Crippen molar-refractivity contribution < 1.29 is 33.7 Å². The molecule has 0 bridgehead atoms. The standard InChI is InChI=1S/C7H15BrO2.C4H8O.Zn/c1-3-9-7(5-6-8)10-4-2;1-2-4-5-3-1;/h7H,3-6H2,1-2H3;1-4H2;. The van der Waals surface area contributed by atoms with Crippen LogP contribution in [-0.4, -0.2) is 38.0 Å². The number of alkyl halides is 1. The predicted octanol–water partition coefficient (Wildman–Crippen LogP) is 2.96. The summed E-state index contributed by atoms with van der Waals surface area (Å²) in [6, 6.07) is 0. The van der Waals surface area contributed by atoms with Gasteiger partial charge >= 0.3 is 0 Å². The van der Waals surface area contributed by atoms with Crippen molar-refractivity contribution in [2.24, 2.45) is 0 Å². The molecule has 3 nitrogen and oxygen atoms in total. The van der Waals surface area contributed by atoms with Crippen molar-refractivity contribution in [3.63, 3.8) is 0 Å². The van der Waals surface area contributed by atoms with Crippen molar-refractivity contribution >= 4 is 15.9 Å². The smallest absolute Gasteiger partial charge is 0.158 e. The Labute approximate surface area is 120 Å². The number of hydrogen-bond donors (Lipinski definition) is 0. The first-order chi connectivity index (χ1) is 7.35. The Bertz CT molecular complexity index is 102. The zero-order valence-electron chi connectivity index (χ0n) is 10.5. The van der Waals surface area contributed by atoms with Crippen LogP contribution in [-0.2, 0) is 33.7 Å². The molecular weight excluding hydrogens is 325 g/mol. The van der Waals surface area contributed by atoms with E-state index in [0.29, 0.717) is 0 Å². The van der Waals surface area contributed by atoms with Gasteiger partial charge in [0, 0.05) is 57.7 Å². The van der Waals surface area contributed by atoms with Gasteiger partial charge in [0.1, 0.15) is 0 Å². The second-order valence-corrected chi connectivity index (χ2v) is 3.93. The maximum atomic E-state index is 5.27. The van der Waals surface area contributed by atoms with Gasteiger partial charge in [-0.15, -0.1) is 0 Å². The second-order valence-electron chi connectivity index (χ2n) is 3.14. The average Bonchev–Trinajstić information content (AvgIpc) is 2.77. The molecule has 1 aliphatic rings. The fourth-order valence-electron chi connectivity index (χ4n) is 1.19. The molecule has 0 radical (unpaired) electrons. The molecule has 0 saturated carbocycles. The minimum Gasteiger partial charge on any atom is -0.381 e. The van der Waals surface area contributed by atoms with E-state index in [9.17, 15) is 0 Å². The molecule has 1 aliphatic heterocycles. The van der Waals surface area contributed by atoms with Crippen molar-refractivity contribution in [2.75, 3.05) is 31.8 Å². The number of rotatable bonds is 6. The fourth-order valence-corrected chi connectivity index (χ4v) is 1.56. The molecule has 0 aromatic rings. The molecule has 0 spiro atoms. The third kappa shape index (κ3) is 13.1. The van der Waals surface area contributed by atoms with Crippen molar-refractivity contribution in [1.29, 1.82) is 0 Å². The molecule has 0 aromatic heterocycles. The van der Waals surface area contributed by atoms with Gasteiger partial charge in [0.15, 0.2) is 6.29 Å². The van der Waals surface area contributed by atoms with Crippen LogP contribution in [0.15, 0.2) is 0 Å². The average molecular weight is 349 g/mol. The summed E-state index contributed by atoms with van der Waals surface area (Å²) in [4.78, 5) is 0. The summed E-state index contributed by atoms with van der Waals surface area (Å²) in [7, 11) is 0. The number of hydrogen-bond acceptors (Lipinski definition) is 3. The SMILES string of the molecule is C1CCOC1.CCOC(CCBr)OCC.[Zn]. The molecule has 1 saturated heterocycles. The molecule has 16 heavy (non-hydrogen) atoms. The van der Waals surface area contributed by atoms with Crippen LogP contribution in [0, 0.1) is 0 Å². The van der Waals surface area contributed by atoms with E-state index in [1.54, 1.807) is 0 Å². The molecule has 94 valence electrons.